The Labute approximate surface area is 170 Å². The first-order chi connectivity index (χ1) is 12.9. The van der Waals surface area contributed by atoms with E-state index in [1.54, 1.807) is 11.1 Å². The fraction of sp³-hybridized carbons (Fsp3) is 0.700. The Morgan fingerprint density at radius 3 is 2.54 bits per heavy atom. The van der Waals surface area contributed by atoms with Gasteiger partial charge >= 0.3 is 6.09 Å². The normalized spacial score (nSPS) is 22.5. The van der Waals surface area contributed by atoms with Crippen molar-refractivity contribution in [2.24, 2.45) is 0 Å². The second-order valence-electron chi connectivity index (χ2n) is 9.46. The Morgan fingerprint density at radius 1 is 1.32 bits per heavy atom. The number of nitrogens with one attached hydrogen (secondary N) is 1. The number of likely N-dealkylation sites (tertiary alicyclic amines) is 1. The van der Waals surface area contributed by atoms with Crippen LogP contribution in [0.3, 0.4) is 0 Å². The topological polar surface area (TPSA) is 86.8 Å². The molecule has 3 rings (SSSR count). The number of amides is 1. The maximum absolute atomic E-state index is 12.8. The van der Waals surface area contributed by atoms with Gasteiger partial charge in [-0.25, -0.2) is 9.78 Å². The fourth-order valence-corrected chi connectivity index (χ4v) is 4.39. The summed E-state index contributed by atoms with van der Waals surface area (Å²) < 4.78 is 27.5. The number of rotatable bonds is 2. The highest BCUT2D eigenvalue weighted by molar-refractivity contribution is 7.90. The molecule has 3 heterocycles. The second kappa shape index (κ2) is 7.39. The Morgan fingerprint density at radius 2 is 1.96 bits per heavy atom. The molecular weight excluding hydrogens is 378 g/mol. The molecule has 28 heavy (non-hydrogen) atoms. The molecule has 7 nitrogen and oxygen atoms in total. The third-order valence-corrected chi connectivity index (χ3v) is 6.54. The summed E-state index contributed by atoms with van der Waals surface area (Å²) in [6.07, 6.45) is 2.62. The Balaban J connectivity index is 1.78. The van der Waals surface area contributed by atoms with E-state index >= 15 is 0 Å². The number of carbonyl (C=O) groups is 1. The van der Waals surface area contributed by atoms with Crippen molar-refractivity contribution < 1.29 is 18.8 Å². The number of aromatic nitrogens is 1. The van der Waals surface area contributed by atoms with E-state index in [2.05, 4.69) is 9.71 Å². The van der Waals surface area contributed by atoms with Crippen molar-refractivity contribution in [3.8, 4) is 5.88 Å². The maximum atomic E-state index is 12.8. The summed E-state index contributed by atoms with van der Waals surface area (Å²) >= 11 is -1.26. The predicted octanol–water partition coefficient (Wildman–Crippen LogP) is 3.34. The monoisotopic (exact) mass is 409 g/mol. The lowest BCUT2D eigenvalue weighted by Crippen LogP contribution is -2.56. The van der Waals surface area contributed by atoms with Crippen molar-refractivity contribution in [1.29, 1.82) is 0 Å². The zero-order valence-corrected chi connectivity index (χ0v) is 18.4. The van der Waals surface area contributed by atoms with Gasteiger partial charge in [-0.05, 0) is 47.6 Å². The van der Waals surface area contributed by atoms with E-state index in [1.165, 1.54) is 0 Å². The van der Waals surface area contributed by atoms with Crippen LogP contribution < -0.4 is 9.46 Å². The van der Waals surface area contributed by atoms with Crippen LogP contribution in [0.25, 0.3) is 0 Å². The fourth-order valence-electron chi connectivity index (χ4n) is 3.48. The van der Waals surface area contributed by atoms with Gasteiger partial charge < -0.3 is 18.9 Å². The number of hydrogen-bond donors (Lipinski definition) is 1. The van der Waals surface area contributed by atoms with Gasteiger partial charge in [0.25, 0.3) is 0 Å². The number of hydrogen-bond acceptors (Lipinski definition) is 6. The van der Waals surface area contributed by atoms with Crippen molar-refractivity contribution in [3.05, 3.63) is 23.9 Å². The largest absolute Gasteiger partial charge is 0.598 e. The molecular formula is C20H31N3O4S. The summed E-state index contributed by atoms with van der Waals surface area (Å²) in [4.78, 5) is 18.5. The van der Waals surface area contributed by atoms with E-state index in [1.807, 2.05) is 53.7 Å². The Bertz CT molecular complexity index is 721. The Hall–Kier alpha value is -1.51. The lowest BCUT2D eigenvalue weighted by molar-refractivity contribution is -0.0217. The predicted molar refractivity (Wildman–Crippen MR) is 108 cm³/mol. The molecule has 0 saturated carbocycles. The van der Waals surface area contributed by atoms with Crippen molar-refractivity contribution in [2.75, 3.05) is 13.1 Å². The number of ether oxygens (including phenoxy) is 2. The van der Waals surface area contributed by atoms with E-state index in [9.17, 15) is 9.35 Å². The first-order valence-electron chi connectivity index (χ1n) is 9.71. The molecule has 1 fully saturated rings. The van der Waals surface area contributed by atoms with Gasteiger partial charge in [0.15, 0.2) is 0 Å². The van der Waals surface area contributed by atoms with Gasteiger partial charge in [0.1, 0.15) is 22.0 Å². The summed E-state index contributed by atoms with van der Waals surface area (Å²) in [5, 5.41) is 0. The summed E-state index contributed by atoms with van der Waals surface area (Å²) in [6.45, 7) is 12.4. The molecule has 1 aromatic rings. The lowest BCUT2D eigenvalue weighted by Gasteiger charge is -2.42. The molecule has 1 unspecified atom stereocenters. The highest BCUT2D eigenvalue weighted by Gasteiger charge is 2.54. The van der Waals surface area contributed by atoms with Gasteiger partial charge in [-0.1, -0.05) is 6.07 Å². The van der Waals surface area contributed by atoms with Gasteiger partial charge in [0.2, 0.25) is 5.88 Å². The molecule has 2 atom stereocenters. The molecule has 2 aliphatic rings. The van der Waals surface area contributed by atoms with Crippen LogP contribution in [0.2, 0.25) is 0 Å². The summed E-state index contributed by atoms with van der Waals surface area (Å²) in [5.74, 6) is 0.580. The van der Waals surface area contributed by atoms with Crippen LogP contribution in [-0.4, -0.2) is 49.6 Å². The number of carbonyl (C=O) groups excluding carboxylic acids is 1. The van der Waals surface area contributed by atoms with Gasteiger partial charge in [-0.3, -0.25) is 0 Å². The Kier molecular flexibility index (Phi) is 5.59. The first kappa shape index (κ1) is 21.2. The van der Waals surface area contributed by atoms with Crippen LogP contribution in [0, 0.1) is 0 Å². The van der Waals surface area contributed by atoms with E-state index < -0.39 is 27.3 Å². The zero-order valence-electron chi connectivity index (χ0n) is 17.6. The average molecular weight is 410 g/mol. The quantitative estimate of drug-likeness (QED) is 0.754. The van der Waals surface area contributed by atoms with Crippen molar-refractivity contribution in [1.82, 2.24) is 14.6 Å². The van der Waals surface area contributed by atoms with Gasteiger partial charge in [0.05, 0.1) is 0 Å². The minimum Gasteiger partial charge on any atom is -0.598 e. The highest BCUT2D eigenvalue weighted by Crippen LogP contribution is 2.48. The molecule has 1 spiro atoms. The number of nitrogens with zero attached hydrogens (tertiary/aromatic N) is 2. The summed E-state index contributed by atoms with van der Waals surface area (Å²) in [6, 6.07) is 3.60. The van der Waals surface area contributed by atoms with E-state index in [0.29, 0.717) is 31.8 Å². The summed E-state index contributed by atoms with van der Waals surface area (Å²) in [5.41, 5.74) is -0.175. The van der Waals surface area contributed by atoms with E-state index in [4.69, 9.17) is 9.47 Å². The molecule has 0 radical (unpaired) electrons. The van der Waals surface area contributed by atoms with E-state index in [0.717, 1.165) is 5.56 Å². The average Bonchev–Trinajstić information content (AvgIpc) is 2.86. The second-order valence-corrected chi connectivity index (χ2v) is 11.5. The molecule has 8 heteroatoms. The van der Waals surface area contributed by atoms with Gasteiger partial charge in [0, 0.05) is 49.1 Å². The molecule has 0 bridgehead atoms. The van der Waals surface area contributed by atoms with Gasteiger partial charge in [-0.2, -0.15) is 0 Å². The van der Waals surface area contributed by atoms with Crippen LogP contribution in [0.4, 0.5) is 4.79 Å². The zero-order chi connectivity index (χ0) is 20.7. The standard InChI is InChI=1S/C20H31N3O4S/c1-18(2,3)27-17(24)23-12-9-20(10-13-23)15(22-28(25)19(4,5)6)14-8-7-11-21-16(14)26-20/h7-8,11,15,22H,9-10,12-13H2,1-6H3/t15-,28?/m0/s1. The van der Waals surface area contributed by atoms with Gasteiger partial charge in [-0.15, -0.1) is 4.72 Å². The maximum Gasteiger partial charge on any atom is 0.410 e. The van der Waals surface area contributed by atoms with Crippen molar-refractivity contribution >= 4 is 17.5 Å². The SMILES string of the molecule is CC(C)(C)OC(=O)N1CCC2(CC1)Oc1ncccc1[C@@H]2N[S+]([O-])C(C)(C)C. The minimum absolute atomic E-state index is 0.239. The number of pyridine rings is 1. The van der Waals surface area contributed by atoms with Crippen LogP contribution in [0.1, 0.15) is 66.0 Å². The van der Waals surface area contributed by atoms with Crippen molar-refractivity contribution in [3.63, 3.8) is 0 Å². The smallest absolute Gasteiger partial charge is 0.410 e. The third kappa shape index (κ3) is 4.39. The minimum atomic E-state index is -1.26. The first-order valence-corrected chi connectivity index (χ1v) is 10.9. The molecule has 0 aliphatic carbocycles. The number of fused-ring (bicyclic) bond motifs is 1. The highest BCUT2D eigenvalue weighted by atomic mass is 32.2. The molecule has 156 valence electrons. The van der Waals surface area contributed by atoms with Crippen LogP contribution in [-0.2, 0) is 16.1 Å². The molecule has 1 saturated heterocycles. The molecule has 0 aromatic carbocycles. The molecule has 1 aromatic heterocycles. The lowest BCUT2D eigenvalue weighted by atomic mass is 9.83. The third-order valence-electron chi connectivity index (χ3n) is 4.98. The van der Waals surface area contributed by atoms with Crippen molar-refractivity contribution in [2.45, 2.75) is 76.4 Å². The van der Waals surface area contributed by atoms with Crippen LogP contribution >= 0.6 is 0 Å². The molecule has 1 N–H and O–H groups in total. The number of piperidine rings is 1. The summed E-state index contributed by atoms with van der Waals surface area (Å²) in [7, 11) is 0. The molecule has 1 amide bonds. The van der Waals surface area contributed by atoms with E-state index in [-0.39, 0.29) is 12.1 Å². The van der Waals surface area contributed by atoms with Crippen LogP contribution in [0.15, 0.2) is 18.3 Å². The van der Waals surface area contributed by atoms with Crippen LogP contribution in [0.5, 0.6) is 5.88 Å². The molecule has 2 aliphatic heterocycles.